The zero-order valence-electron chi connectivity index (χ0n) is 10.8. The second-order valence-corrected chi connectivity index (χ2v) is 5.52. The van der Waals surface area contributed by atoms with Gasteiger partial charge in [0.05, 0.1) is 6.04 Å². The molecule has 3 heteroatoms. The number of phenolic OH excluding ortho intramolecular Hbond substituents is 1. The highest BCUT2D eigenvalue weighted by atomic mass is 35.5. The molecule has 0 heterocycles. The Hall–Kier alpha value is -1.67. The molecule has 98 valence electrons. The van der Waals surface area contributed by atoms with Crippen LogP contribution in [0.5, 0.6) is 5.75 Å². The number of anilines is 1. The van der Waals surface area contributed by atoms with Crippen LogP contribution in [0.25, 0.3) is 0 Å². The fourth-order valence-corrected chi connectivity index (χ4v) is 2.83. The van der Waals surface area contributed by atoms with Gasteiger partial charge in [-0.2, -0.15) is 0 Å². The van der Waals surface area contributed by atoms with Gasteiger partial charge in [0.15, 0.2) is 0 Å². The average molecular weight is 274 g/mol. The van der Waals surface area contributed by atoms with Crippen LogP contribution in [0.3, 0.4) is 0 Å². The summed E-state index contributed by atoms with van der Waals surface area (Å²) in [5, 5.41) is 14.0. The van der Waals surface area contributed by atoms with Crippen molar-refractivity contribution < 1.29 is 5.11 Å². The quantitative estimate of drug-likeness (QED) is 0.847. The second-order valence-electron chi connectivity index (χ2n) is 5.08. The molecule has 0 radical (unpaired) electrons. The van der Waals surface area contributed by atoms with Gasteiger partial charge in [-0.15, -0.1) is 0 Å². The Morgan fingerprint density at radius 2 is 2.05 bits per heavy atom. The molecule has 0 bridgehead atoms. The van der Waals surface area contributed by atoms with Crippen LogP contribution in [0.15, 0.2) is 36.4 Å². The number of nitrogens with one attached hydrogen (secondary N) is 1. The third kappa shape index (κ3) is 2.41. The van der Waals surface area contributed by atoms with E-state index in [1.165, 1.54) is 11.1 Å². The van der Waals surface area contributed by atoms with Crippen LogP contribution in [0.4, 0.5) is 5.69 Å². The van der Waals surface area contributed by atoms with E-state index in [1.54, 1.807) is 6.07 Å². The summed E-state index contributed by atoms with van der Waals surface area (Å²) in [5.74, 6) is 0.333. The first kappa shape index (κ1) is 12.4. The van der Waals surface area contributed by atoms with Crippen LogP contribution < -0.4 is 5.32 Å². The van der Waals surface area contributed by atoms with Gasteiger partial charge in [0.2, 0.25) is 0 Å². The molecule has 2 aromatic rings. The predicted molar refractivity (Wildman–Crippen MR) is 79.0 cm³/mol. The maximum Gasteiger partial charge on any atom is 0.120 e. The lowest BCUT2D eigenvalue weighted by molar-refractivity contribution is 0.471. The molecule has 2 aromatic carbocycles. The van der Waals surface area contributed by atoms with Crippen molar-refractivity contribution in [2.45, 2.75) is 25.8 Å². The van der Waals surface area contributed by atoms with Gasteiger partial charge in [0.25, 0.3) is 0 Å². The van der Waals surface area contributed by atoms with Gasteiger partial charge in [-0.1, -0.05) is 23.7 Å². The third-order valence-corrected chi connectivity index (χ3v) is 3.97. The second kappa shape index (κ2) is 4.78. The molecular formula is C16H16ClNO. The molecule has 0 spiro atoms. The number of halogens is 1. The number of fused-ring (bicyclic) bond motifs is 1. The minimum absolute atomic E-state index is 0.300. The Balaban J connectivity index is 1.84. The number of hydrogen-bond acceptors (Lipinski definition) is 2. The minimum Gasteiger partial charge on any atom is -0.508 e. The highest BCUT2D eigenvalue weighted by molar-refractivity contribution is 6.30. The van der Waals surface area contributed by atoms with E-state index >= 15 is 0 Å². The monoisotopic (exact) mass is 273 g/mol. The predicted octanol–water partition coefficient (Wildman–Crippen LogP) is 4.45. The molecule has 2 N–H and O–H groups in total. The number of phenols is 1. The standard InChI is InChI=1S/C16H16ClNO/c1-10-2-5-13(9-16(10)19)18-15-7-3-11-8-12(17)4-6-14(11)15/h2,4-6,8-9,15,18-19H,3,7H2,1H3. The first-order valence-electron chi connectivity index (χ1n) is 6.48. The molecule has 0 aliphatic heterocycles. The van der Waals surface area contributed by atoms with E-state index in [0.29, 0.717) is 11.8 Å². The Morgan fingerprint density at radius 3 is 2.84 bits per heavy atom. The van der Waals surface area contributed by atoms with E-state index in [2.05, 4.69) is 11.4 Å². The summed E-state index contributed by atoms with van der Waals surface area (Å²) in [7, 11) is 0. The van der Waals surface area contributed by atoms with Crippen molar-refractivity contribution in [3.8, 4) is 5.75 Å². The largest absolute Gasteiger partial charge is 0.508 e. The fourth-order valence-electron chi connectivity index (χ4n) is 2.64. The SMILES string of the molecule is Cc1ccc(NC2CCc3cc(Cl)ccc32)cc1O. The molecule has 19 heavy (non-hydrogen) atoms. The van der Waals surface area contributed by atoms with Crippen LogP contribution in [-0.2, 0) is 6.42 Å². The maximum atomic E-state index is 9.75. The van der Waals surface area contributed by atoms with Crippen LogP contribution in [0.2, 0.25) is 5.02 Å². The van der Waals surface area contributed by atoms with Crippen molar-refractivity contribution in [1.82, 2.24) is 0 Å². The Labute approximate surface area is 118 Å². The lowest BCUT2D eigenvalue weighted by Crippen LogP contribution is -2.06. The molecule has 0 amide bonds. The van der Waals surface area contributed by atoms with E-state index in [9.17, 15) is 5.11 Å². The van der Waals surface area contributed by atoms with E-state index in [1.807, 2.05) is 31.2 Å². The third-order valence-electron chi connectivity index (χ3n) is 3.73. The van der Waals surface area contributed by atoms with E-state index in [4.69, 9.17) is 11.6 Å². The van der Waals surface area contributed by atoms with Gasteiger partial charge in [-0.3, -0.25) is 0 Å². The van der Waals surface area contributed by atoms with Gasteiger partial charge >= 0.3 is 0 Å². The maximum absolute atomic E-state index is 9.75. The molecule has 0 saturated heterocycles. The fraction of sp³-hybridized carbons (Fsp3) is 0.250. The molecule has 0 aromatic heterocycles. The van der Waals surface area contributed by atoms with Crippen molar-refractivity contribution in [1.29, 1.82) is 0 Å². The van der Waals surface area contributed by atoms with Gasteiger partial charge in [0, 0.05) is 16.8 Å². The van der Waals surface area contributed by atoms with Gasteiger partial charge in [0.1, 0.15) is 5.75 Å². The van der Waals surface area contributed by atoms with E-state index < -0.39 is 0 Å². The smallest absolute Gasteiger partial charge is 0.120 e. The highest BCUT2D eigenvalue weighted by Gasteiger charge is 2.22. The van der Waals surface area contributed by atoms with E-state index in [-0.39, 0.29) is 0 Å². The van der Waals surface area contributed by atoms with Crippen molar-refractivity contribution in [2.24, 2.45) is 0 Å². The summed E-state index contributed by atoms with van der Waals surface area (Å²) >= 11 is 6.02. The van der Waals surface area contributed by atoms with Crippen molar-refractivity contribution in [2.75, 3.05) is 5.32 Å². The number of benzene rings is 2. The summed E-state index contributed by atoms with van der Waals surface area (Å²) in [5.41, 5.74) is 4.48. The van der Waals surface area contributed by atoms with Crippen LogP contribution >= 0.6 is 11.6 Å². The van der Waals surface area contributed by atoms with Gasteiger partial charge in [-0.05, 0) is 54.7 Å². The molecular weight excluding hydrogens is 258 g/mol. The zero-order valence-corrected chi connectivity index (χ0v) is 11.5. The summed E-state index contributed by atoms with van der Waals surface area (Å²) in [6.07, 6.45) is 2.11. The molecule has 0 saturated carbocycles. The average Bonchev–Trinajstić information content (AvgIpc) is 2.76. The van der Waals surface area contributed by atoms with Crippen LogP contribution in [0.1, 0.15) is 29.2 Å². The summed E-state index contributed by atoms with van der Waals surface area (Å²) in [4.78, 5) is 0. The highest BCUT2D eigenvalue weighted by Crippen LogP contribution is 2.35. The Kier molecular flexibility index (Phi) is 3.11. The number of aryl methyl sites for hydroxylation is 2. The lowest BCUT2D eigenvalue weighted by Gasteiger charge is -2.16. The topological polar surface area (TPSA) is 32.3 Å². The Morgan fingerprint density at radius 1 is 1.21 bits per heavy atom. The molecule has 3 rings (SSSR count). The molecule has 1 atom stereocenters. The van der Waals surface area contributed by atoms with Crippen molar-refractivity contribution in [3.05, 3.63) is 58.1 Å². The van der Waals surface area contributed by atoms with Crippen LogP contribution in [-0.4, -0.2) is 5.11 Å². The zero-order chi connectivity index (χ0) is 13.4. The van der Waals surface area contributed by atoms with Crippen molar-refractivity contribution in [3.63, 3.8) is 0 Å². The Bertz CT molecular complexity index is 624. The molecule has 0 fully saturated rings. The number of rotatable bonds is 2. The first-order chi connectivity index (χ1) is 9.13. The minimum atomic E-state index is 0.300. The molecule has 1 aliphatic rings. The number of hydrogen-bond donors (Lipinski definition) is 2. The molecule has 1 aliphatic carbocycles. The summed E-state index contributed by atoms with van der Waals surface area (Å²) in [6, 6.07) is 12.1. The summed E-state index contributed by atoms with van der Waals surface area (Å²) in [6.45, 7) is 1.89. The normalized spacial score (nSPS) is 17.3. The molecule has 1 unspecified atom stereocenters. The first-order valence-corrected chi connectivity index (χ1v) is 6.86. The van der Waals surface area contributed by atoms with Gasteiger partial charge in [-0.25, -0.2) is 0 Å². The van der Waals surface area contributed by atoms with Gasteiger partial charge < -0.3 is 10.4 Å². The summed E-state index contributed by atoms with van der Waals surface area (Å²) < 4.78 is 0. The van der Waals surface area contributed by atoms with Crippen molar-refractivity contribution >= 4 is 17.3 Å². The van der Waals surface area contributed by atoms with Crippen LogP contribution in [0, 0.1) is 6.92 Å². The lowest BCUT2D eigenvalue weighted by atomic mass is 10.1. The number of aromatic hydroxyl groups is 1. The molecule has 2 nitrogen and oxygen atoms in total. The van der Waals surface area contributed by atoms with E-state index in [0.717, 1.165) is 29.1 Å².